The summed E-state index contributed by atoms with van der Waals surface area (Å²) in [6, 6.07) is 24.9. The zero-order valence-electron chi connectivity index (χ0n) is 22.9. The first-order chi connectivity index (χ1) is 21.4. The third-order valence-corrected chi connectivity index (χ3v) is 7.04. The molecule has 44 heavy (non-hydrogen) atoms. The van der Waals surface area contributed by atoms with Gasteiger partial charge in [0, 0.05) is 0 Å². The molecule has 2 aromatic heterocycles. The normalized spacial score (nSPS) is 19.4. The minimum absolute atomic E-state index is 0.0231. The van der Waals surface area contributed by atoms with Crippen molar-refractivity contribution in [2.24, 2.45) is 0 Å². The number of nitrogens with zero attached hydrogens (tertiary/aromatic N) is 4. The Bertz CT molecular complexity index is 1800. The predicted molar refractivity (Wildman–Crippen MR) is 157 cm³/mol. The van der Waals surface area contributed by atoms with Crippen molar-refractivity contribution in [1.82, 2.24) is 19.5 Å². The summed E-state index contributed by atoms with van der Waals surface area (Å²) in [5, 5.41) is -0.145. The first-order valence-corrected chi connectivity index (χ1v) is 13.8. The quantitative estimate of drug-likeness (QED) is 0.151. The molecular weight excluding hydrogens is 590 g/mol. The Balaban J connectivity index is 1.39. The van der Waals surface area contributed by atoms with Crippen molar-refractivity contribution < 1.29 is 33.3 Å². The van der Waals surface area contributed by atoms with Gasteiger partial charge in [-0.25, -0.2) is 19.4 Å². The highest BCUT2D eigenvalue weighted by Gasteiger charge is 2.52. The zero-order chi connectivity index (χ0) is 30.6. The standard InChI is InChI=1S/C31H24ClN5O7/c32-31-35-25(33)22-26(36-31)37(17-34-22)27-24(44-30(40)20-14-8-3-9-15-20)23(43-29(39)19-12-6-2-7-13-19)21(42-27)16-41-28(38)18-10-4-1-5-11-18/h1-15,17,21,23-24,27H,16H2,(H2,33,35,36)/t21-,23?,24?,27+/m1/s1. The van der Waals surface area contributed by atoms with Crippen LogP contribution in [0, 0.1) is 0 Å². The summed E-state index contributed by atoms with van der Waals surface area (Å²) in [6.07, 6.45) is -3.37. The number of carbonyl (C=O) groups excluding carboxylic acids is 3. The molecule has 1 fully saturated rings. The van der Waals surface area contributed by atoms with Crippen molar-refractivity contribution in [2.75, 3.05) is 12.3 Å². The number of esters is 3. The second kappa shape index (κ2) is 12.5. The number of nitrogen functional groups attached to an aromatic ring is 1. The first-order valence-electron chi connectivity index (χ1n) is 13.4. The fourth-order valence-corrected chi connectivity index (χ4v) is 4.95. The molecule has 0 bridgehead atoms. The lowest BCUT2D eigenvalue weighted by Gasteiger charge is -2.25. The number of hydrogen-bond acceptors (Lipinski definition) is 11. The third-order valence-electron chi connectivity index (χ3n) is 6.87. The van der Waals surface area contributed by atoms with E-state index >= 15 is 0 Å². The van der Waals surface area contributed by atoms with Gasteiger partial charge in [0.05, 0.1) is 23.0 Å². The molecule has 2 N–H and O–H groups in total. The van der Waals surface area contributed by atoms with Gasteiger partial charge in [0.2, 0.25) is 5.28 Å². The topological polar surface area (TPSA) is 158 Å². The highest BCUT2D eigenvalue weighted by atomic mass is 35.5. The summed E-state index contributed by atoms with van der Waals surface area (Å²) < 4.78 is 25.3. The van der Waals surface area contributed by atoms with E-state index in [1.54, 1.807) is 91.0 Å². The number of imidazole rings is 1. The summed E-state index contributed by atoms with van der Waals surface area (Å²) in [5.41, 5.74) is 7.25. The van der Waals surface area contributed by atoms with Gasteiger partial charge >= 0.3 is 17.9 Å². The van der Waals surface area contributed by atoms with Crippen LogP contribution in [0.5, 0.6) is 0 Å². The molecule has 2 unspecified atom stereocenters. The molecule has 0 spiro atoms. The van der Waals surface area contributed by atoms with Gasteiger partial charge in [0.15, 0.2) is 29.9 Å². The molecule has 222 valence electrons. The van der Waals surface area contributed by atoms with Crippen LogP contribution in [0.15, 0.2) is 97.3 Å². The van der Waals surface area contributed by atoms with Crippen molar-refractivity contribution in [3.05, 3.63) is 119 Å². The van der Waals surface area contributed by atoms with Gasteiger partial charge < -0.3 is 24.7 Å². The van der Waals surface area contributed by atoms with E-state index < -0.39 is 42.4 Å². The highest BCUT2D eigenvalue weighted by molar-refractivity contribution is 6.28. The molecule has 0 aliphatic carbocycles. The smallest absolute Gasteiger partial charge is 0.338 e. The Morgan fingerprint density at radius 1 is 0.773 bits per heavy atom. The second-order valence-electron chi connectivity index (χ2n) is 9.70. The molecule has 1 aliphatic rings. The maximum absolute atomic E-state index is 13.4. The van der Waals surface area contributed by atoms with Crippen LogP contribution < -0.4 is 5.73 Å². The number of ether oxygens (including phenoxy) is 4. The van der Waals surface area contributed by atoms with Crippen molar-refractivity contribution in [2.45, 2.75) is 24.5 Å². The van der Waals surface area contributed by atoms with Crippen LogP contribution in [0.4, 0.5) is 5.82 Å². The third kappa shape index (κ3) is 5.93. The number of nitrogens with two attached hydrogens (primary N) is 1. The van der Waals surface area contributed by atoms with E-state index in [-0.39, 0.29) is 40.0 Å². The lowest BCUT2D eigenvalue weighted by atomic mass is 10.1. The second-order valence-corrected chi connectivity index (χ2v) is 10.0. The Morgan fingerprint density at radius 2 is 1.30 bits per heavy atom. The maximum atomic E-state index is 13.4. The number of fused-ring (bicyclic) bond motifs is 1. The molecular formula is C31H24ClN5O7. The maximum Gasteiger partial charge on any atom is 0.338 e. The van der Waals surface area contributed by atoms with E-state index in [2.05, 4.69) is 15.0 Å². The van der Waals surface area contributed by atoms with E-state index in [9.17, 15) is 14.4 Å². The number of carbonyl (C=O) groups is 3. The lowest BCUT2D eigenvalue weighted by Crippen LogP contribution is -2.41. The monoisotopic (exact) mass is 613 g/mol. The summed E-state index contributed by atoms with van der Waals surface area (Å²) >= 11 is 6.10. The molecule has 3 aromatic carbocycles. The number of hydrogen-bond donors (Lipinski definition) is 1. The molecule has 4 atom stereocenters. The summed E-state index contributed by atoms with van der Waals surface area (Å²) in [5.74, 6) is -2.01. The molecule has 3 heterocycles. The van der Waals surface area contributed by atoms with Crippen LogP contribution in [0.1, 0.15) is 37.3 Å². The zero-order valence-corrected chi connectivity index (χ0v) is 23.6. The molecule has 0 saturated carbocycles. The van der Waals surface area contributed by atoms with Gasteiger partial charge in [0.25, 0.3) is 0 Å². The highest BCUT2D eigenvalue weighted by Crippen LogP contribution is 2.37. The Kier molecular flexibility index (Phi) is 8.17. The first kappa shape index (κ1) is 28.8. The average molecular weight is 614 g/mol. The van der Waals surface area contributed by atoms with Crippen molar-refractivity contribution in [3.63, 3.8) is 0 Å². The van der Waals surface area contributed by atoms with Crippen LogP contribution in [-0.4, -0.2) is 62.3 Å². The largest absolute Gasteiger partial charge is 0.459 e. The summed E-state index contributed by atoms with van der Waals surface area (Å²) in [4.78, 5) is 51.9. The van der Waals surface area contributed by atoms with Gasteiger partial charge in [-0.2, -0.15) is 9.97 Å². The van der Waals surface area contributed by atoms with Crippen LogP contribution >= 0.6 is 11.6 Å². The van der Waals surface area contributed by atoms with Gasteiger partial charge in [-0.15, -0.1) is 0 Å². The van der Waals surface area contributed by atoms with Crippen LogP contribution in [0.25, 0.3) is 11.2 Å². The van der Waals surface area contributed by atoms with Crippen LogP contribution in [0.2, 0.25) is 5.28 Å². The molecule has 1 saturated heterocycles. The minimum Gasteiger partial charge on any atom is -0.459 e. The Labute approximate surface area is 255 Å². The Hall–Kier alpha value is -5.33. The fraction of sp³-hybridized carbons (Fsp3) is 0.161. The van der Waals surface area contributed by atoms with Crippen molar-refractivity contribution in [1.29, 1.82) is 0 Å². The van der Waals surface area contributed by atoms with E-state index in [0.29, 0.717) is 5.56 Å². The van der Waals surface area contributed by atoms with Gasteiger partial charge in [0.1, 0.15) is 18.2 Å². The van der Waals surface area contributed by atoms with E-state index in [1.807, 2.05) is 0 Å². The Morgan fingerprint density at radius 3 is 1.86 bits per heavy atom. The average Bonchev–Trinajstić information content (AvgIpc) is 3.62. The van der Waals surface area contributed by atoms with E-state index in [4.69, 9.17) is 36.3 Å². The number of aromatic nitrogens is 4. The SMILES string of the molecule is Nc1nc(Cl)nc2c1ncn2[C@H]1O[C@H](COC(=O)c2ccccc2)C(OC(=O)c2ccccc2)C1OC(=O)c1ccccc1. The molecule has 13 heteroatoms. The fourth-order valence-electron chi connectivity index (χ4n) is 4.78. The number of halogens is 1. The van der Waals surface area contributed by atoms with Crippen molar-refractivity contribution >= 4 is 46.5 Å². The summed E-state index contributed by atoms with van der Waals surface area (Å²) in [7, 11) is 0. The molecule has 0 amide bonds. The molecule has 12 nitrogen and oxygen atoms in total. The van der Waals surface area contributed by atoms with Crippen molar-refractivity contribution in [3.8, 4) is 0 Å². The predicted octanol–water partition coefficient (Wildman–Crippen LogP) is 4.27. The van der Waals surface area contributed by atoms with Crippen LogP contribution in [0.3, 0.4) is 0 Å². The number of anilines is 1. The number of rotatable bonds is 8. The molecule has 1 aliphatic heterocycles. The van der Waals surface area contributed by atoms with Crippen LogP contribution in [-0.2, 0) is 18.9 Å². The van der Waals surface area contributed by atoms with E-state index in [1.165, 1.54) is 10.9 Å². The summed E-state index contributed by atoms with van der Waals surface area (Å²) in [6.45, 7) is -0.346. The van der Waals surface area contributed by atoms with E-state index in [0.717, 1.165) is 0 Å². The lowest BCUT2D eigenvalue weighted by molar-refractivity contribution is -0.0606. The molecule has 0 radical (unpaired) electrons. The van der Waals surface area contributed by atoms with Gasteiger partial charge in [-0.1, -0.05) is 54.6 Å². The van der Waals surface area contributed by atoms with Gasteiger partial charge in [-0.3, -0.25) is 4.57 Å². The molecule has 5 aromatic rings. The minimum atomic E-state index is -1.26. The molecule has 6 rings (SSSR count). The number of benzene rings is 3. The van der Waals surface area contributed by atoms with Gasteiger partial charge in [-0.05, 0) is 48.0 Å².